The van der Waals surface area contributed by atoms with Gasteiger partial charge in [0.05, 0.1) is 0 Å². The molecule has 0 N–H and O–H groups in total. The standard InChI is InChI=1S/C60H98O6/c1-4-7-10-13-16-19-22-24-26-28-30-32-33-35-38-41-44-47-50-53-59(62)65-56-57(55-64-58(61)52-49-46-43-40-37-21-18-15-12-9-6-3)66-60(63)54-51-48-45-42-39-36-34-31-29-27-25-23-20-17-14-11-8-5-2/h9,12,16-25,27,29,31,34,40,43,57H,4-8,10-11,13-15,26,28,30,32-33,35-39,41-42,44-56H2,1-3H3/b12-9-,19-16-,20-17-,21-18-,24-22-,25-23-,29-27-,34-31-,43-40-. The minimum absolute atomic E-state index is 0.107. The van der Waals surface area contributed by atoms with Crippen molar-refractivity contribution in [2.45, 2.75) is 239 Å². The van der Waals surface area contributed by atoms with E-state index < -0.39 is 6.10 Å². The molecule has 0 fully saturated rings. The summed E-state index contributed by atoms with van der Waals surface area (Å²) in [6.07, 6.45) is 72.2. The van der Waals surface area contributed by atoms with Crippen LogP contribution in [0.1, 0.15) is 233 Å². The molecular weight excluding hydrogens is 817 g/mol. The van der Waals surface area contributed by atoms with Crippen LogP contribution in [0.3, 0.4) is 0 Å². The molecule has 0 aromatic rings. The number of carbonyl (C=O) groups excluding carboxylic acids is 3. The number of esters is 3. The van der Waals surface area contributed by atoms with Gasteiger partial charge in [-0.2, -0.15) is 0 Å². The summed E-state index contributed by atoms with van der Waals surface area (Å²) in [6, 6.07) is 0. The van der Waals surface area contributed by atoms with E-state index in [9.17, 15) is 14.4 Å². The Morgan fingerprint density at radius 1 is 0.333 bits per heavy atom. The van der Waals surface area contributed by atoms with Crippen LogP contribution in [0, 0.1) is 0 Å². The van der Waals surface area contributed by atoms with Gasteiger partial charge in [0.2, 0.25) is 0 Å². The van der Waals surface area contributed by atoms with E-state index in [0.717, 1.165) is 89.9 Å². The molecule has 0 bridgehead atoms. The Bertz CT molecular complexity index is 1370. The van der Waals surface area contributed by atoms with Crippen molar-refractivity contribution in [1.82, 2.24) is 0 Å². The van der Waals surface area contributed by atoms with Gasteiger partial charge in [0.15, 0.2) is 6.10 Å². The number of hydrogen-bond acceptors (Lipinski definition) is 6. The number of unbranched alkanes of at least 4 members (excludes halogenated alkanes) is 22. The maximum absolute atomic E-state index is 12.8. The minimum atomic E-state index is -0.814. The third-order valence-electron chi connectivity index (χ3n) is 11.1. The van der Waals surface area contributed by atoms with Crippen LogP contribution >= 0.6 is 0 Å². The van der Waals surface area contributed by atoms with Gasteiger partial charge in [-0.1, -0.05) is 226 Å². The van der Waals surface area contributed by atoms with E-state index in [0.29, 0.717) is 12.8 Å². The molecule has 0 aliphatic heterocycles. The summed E-state index contributed by atoms with van der Waals surface area (Å²) < 4.78 is 16.7. The molecule has 0 amide bonds. The minimum Gasteiger partial charge on any atom is -0.462 e. The molecule has 0 spiro atoms. The van der Waals surface area contributed by atoms with Crippen LogP contribution in [0.5, 0.6) is 0 Å². The maximum atomic E-state index is 12.8. The third-order valence-corrected chi connectivity index (χ3v) is 11.1. The molecule has 6 nitrogen and oxygen atoms in total. The van der Waals surface area contributed by atoms with E-state index in [1.54, 1.807) is 0 Å². The zero-order valence-electron chi connectivity index (χ0n) is 42.7. The topological polar surface area (TPSA) is 78.9 Å². The lowest BCUT2D eigenvalue weighted by atomic mass is 10.1. The monoisotopic (exact) mass is 915 g/mol. The number of rotatable bonds is 47. The first kappa shape index (κ1) is 62.1. The van der Waals surface area contributed by atoms with Crippen molar-refractivity contribution in [3.8, 4) is 0 Å². The second-order valence-corrected chi connectivity index (χ2v) is 17.5. The number of carbonyl (C=O) groups is 3. The molecule has 0 saturated carbocycles. The van der Waals surface area contributed by atoms with E-state index in [-0.39, 0.29) is 44.0 Å². The van der Waals surface area contributed by atoms with Gasteiger partial charge < -0.3 is 14.2 Å². The molecule has 0 aromatic heterocycles. The molecule has 6 heteroatoms. The van der Waals surface area contributed by atoms with E-state index >= 15 is 0 Å². The summed E-state index contributed by atoms with van der Waals surface area (Å²) in [6.45, 7) is 6.38. The second-order valence-electron chi connectivity index (χ2n) is 17.5. The van der Waals surface area contributed by atoms with Crippen LogP contribution in [-0.4, -0.2) is 37.2 Å². The first-order valence-corrected chi connectivity index (χ1v) is 27.0. The number of ether oxygens (including phenoxy) is 3. The molecule has 1 unspecified atom stereocenters. The first-order valence-electron chi connectivity index (χ1n) is 27.0. The molecule has 374 valence electrons. The van der Waals surface area contributed by atoms with Crippen molar-refractivity contribution in [3.63, 3.8) is 0 Å². The quantitative estimate of drug-likeness (QED) is 0.0199. The predicted octanol–water partition coefficient (Wildman–Crippen LogP) is 17.9. The van der Waals surface area contributed by atoms with Crippen molar-refractivity contribution in [2.75, 3.05) is 13.2 Å². The van der Waals surface area contributed by atoms with Gasteiger partial charge in [-0.15, -0.1) is 0 Å². The Labute approximate surface area is 406 Å². The Morgan fingerprint density at radius 2 is 0.667 bits per heavy atom. The van der Waals surface area contributed by atoms with Crippen LogP contribution in [0.4, 0.5) is 0 Å². The average molecular weight is 915 g/mol. The Balaban J connectivity index is 4.45. The van der Waals surface area contributed by atoms with Crippen molar-refractivity contribution < 1.29 is 28.6 Å². The lowest BCUT2D eigenvalue weighted by molar-refractivity contribution is -0.167. The van der Waals surface area contributed by atoms with Gasteiger partial charge in [-0.3, -0.25) is 14.4 Å². The van der Waals surface area contributed by atoms with Gasteiger partial charge in [0, 0.05) is 19.3 Å². The maximum Gasteiger partial charge on any atom is 0.306 e. The lowest BCUT2D eigenvalue weighted by Crippen LogP contribution is -2.30. The van der Waals surface area contributed by atoms with Crippen molar-refractivity contribution >= 4 is 17.9 Å². The second kappa shape index (κ2) is 53.7. The van der Waals surface area contributed by atoms with E-state index in [4.69, 9.17) is 14.2 Å². The van der Waals surface area contributed by atoms with Gasteiger partial charge in [0.25, 0.3) is 0 Å². The summed E-state index contributed by atoms with van der Waals surface area (Å²) in [4.78, 5) is 38.0. The third kappa shape index (κ3) is 51.1. The highest BCUT2D eigenvalue weighted by atomic mass is 16.6. The summed E-state index contributed by atoms with van der Waals surface area (Å²) >= 11 is 0. The molecule has 0 rings (SSSR count). The summed E-state index contributed by atoms with van der Waals surface area (Å²) in [5.41, 5.74) is 0. The lowest BCUT2D eigenvalue weighted by Gasteiger charge is -2.18. The zero-order chi connectivity index (χ0) is 47.9. The molecule has 0 aliphatic rings. The van der Waals surface area contributed by atoms with E-state index in [1.165, 1.54) is 96.3 Å². The molecule has 0 aliphatic carbocycles. The van der Waals surface area contributed by atoms with E-state index in [2.05, 4.69) is 130 Å². The highest BCUT2D eigenvalue weighted by Gasteiger charge is 2.19. The molecule has 0 aromatic carbocycles. The fourth-order valence-electron chi connectivity index (χ4n) is 7.06. The number of allylic oxidation sites excluding steroid dienone is 18. The largest absolute Gasteiger partial charge is 0.462 e. The SMILES string of the molecule is CC/C=C\C/C=C\C/C=C\CCCC(=O)OCC(COC(=O)CCCCCCCCCCCC/C=C\C=C/CCCCC)OC(=O)CCCCCCC\C=C/C=C\C=C/C=C\CCCCC. The average Bonchev–Trinajstić information content (AvgIpc) is 3.31. The van der Waals surface area contributed by atoms with Crippen LogP contribution in [0.25, 0.3) is 0 Å². The fraction of sp³-hybridized carbons (Fsp3) is 0.650. The molecule has 0 saturated heterocycles. The van der Waals surface area contributed by atoms with Crippen molar-refractivity contribution in [2.24, 2.45) is 0 Å². The van der Waals surface area contributed by atoms with Crippen LogP contribution in [0.2, 0.25) is 0 Å². The first-order chi connectivity index (χ1) is 32.5. The zero-order valence-corrected chi connectivity index (χ0v) is 42.7. The van der Waals surface area contributed by atoms with Crippen LogP contribution in [0.15, 0.2) is 109 Å². The fourth-order valence-corrected chi connectivity index (χ4v) is 7.06. The summed E-state index contributed by atoms with van der Waals surface area (Å²) in [7, 11) is 0. The van der Waals surface area contributed by atoms with Gasteiger partial charge in [0.1, 0.15) is 13.2 Å². The van der Waals surface area contributed by atoms with Crippen LogP contribution in [-0.2, 0) is 28.6 Å². The Morgan fingerprint density at radius 3 is 1.12 bits per heavy atom. The van der Waals surface area contributed by atoms with Crippen molar-refractivity contribution in [3.05, 3.63) is 109 Å². The van der Waals surface area contributed by atoms with Crippen molar-refractivity contribution in [1.29, 1.82) is 0 Å². The normalized spacial score (nSPS) is 13.0. The smallest absolute Gasteiger partial charge is 0.306 e. The van der Waals surface area contributed by atoms with E-state index in [1.807, 2.05) is 0 Å². The Kier molecular flexibility index (Phi) is 50.5. The summed E-state index contributed by atoms with van der Waals surface area (Å²) in [5, 5.41) is 0. The van der Waals surface area contributed by atoms with Crippen LogP contribution < -0.4 is 0 Å². The summed E-state index contributed by atoms with van der Waals surface area (Å²) in [5.74, 6) is -0.994. The van der Waals surface area contributed by atoms with Gasteiger partial charge in [-0.25, -0.2) is 0 Å². The highest BCUT2D eigenvalue weighted by molar-refractivity contribution is 5.71. The highest BCUT2D eigenvalue weighted by Crippen LogP contribution is 2.14. The van der Waals surface area contributed by atoms with Gasteiger partial charge in [-0.05, 0) is 96.3 Å². The molecule has 1 atom stereocenters. The molecule has 0 heterocycles. The van der Waals surface area contributed by atoms with Gasteiger partial charge >= 0.3 is 17.9 Å². The molecule has 0 radical (unpaired) electrons. The molecule has 66 heavy (non-hydrogen) atoms. The Hall–Kier alpha value is -3.93. The number of hydrogen-bond donors (Lipinski definition) is 0. The predicted molar refractivity (Wildman–Crippen MR) is 283 cm³/mol. The molecular formula is C60H98O6.